The first-order valence-electron chi connectivity index (χ1n) is 5.96. The molecule has 1 rings (SSSR count). The van der Waals surface area contributed by atoms with E-state index in [4.69, 9.17) is 0 Å². The van der Waals surface area contributed by atoms with Gasteiger partial charge in [0, 0.05) is 6.04 Å². The highest BCUT2D eigenvalue weighted by Crippen LogP contribution is 2.14. The fourth-order valence-electron chi connectivity index (χ4n) is 2.09. The smallest absolute Gasteiger partial charge is 0.123 e. The highest BCUT2D eigenvalue weighted by molar-refractivity contribution is 5.23. The molecule has 90 valence electrons. The van der Waals surface area contributed by atoms with Crippen LogP contribution in [0.3, 0.4) is 0 Å². The van der Waals surface area contributed by atoms with Gasteiger partial charge in [0.25, 0.3) is 0 Å². The Hall–Kier alpha value is -0.890. The predicted octanol–water partition coefficient (Wildman–Crippen LogP) is 3.31. The molecule has 0 amide bonds. The Morgan fingerprint density at radius 3 is 2.44 bits per heavy atom. The average Bonchev–Trinajstić information content (AvgIpc) is 2.16. The minimum atomic E-state index is -0.124. The van der Waals surface area contributed by atoms with Gasteiger partial charge in [0.1, 0.15) is 5.82 Å². The Labute approximate surface area is 98.1 Å². The van der Waals surface area contributed by atoms with Crippen LogP contribution in [0.5, 0.6) is 0 Å². The number of hydrogen-bond acceptors (Lipinski definition) is 1. The first-order valence-corrected chi connectivity index (χ1v) is 5.96. The SMILES string of the molecule is CNC(CCc1cc(C)cc(F)c1)C(C)C. The molecule has 1 nitrogen and oxygen atoms in total. The second kappa shape index (κ2) is 6.00. The molecule has 0 aliphatic rings. The zero-order chi connectivity index (χ0) is 12.1. The van der Waals surface area contributed by atoms with E-state index in [1.54, 1.807) is 12.1 Å². The lowest BCUT2D eigenvalue weighted by molar-refractivity contribution is 0.402. The molecule has 0 heterocycles. The highest BCUT2D eigenvalue weighted by Gasteiger charge is 2.10. The molecule has 0 spiro atoms. The summed E-state index contributed by atoms with van der Waals surface area (Å²) in [5.41, 5.74) is 2.10. The summed E-state index contributed by atoms with van der Waals surface area (Å²) in [6.07, 6.45) is 1.99. The van der Waals surface area contributed by atoms with Crippen LogP contribution in [0.1, 0.15) is 31.4 Å². The lowest BCUT2D eigenvalue weighted by Gasteiger charge is -2.20. The fourth-order valence-corrected chi connectivity index (χ4v) is 2.09. The molecular weight excluding hydrogens is 201 g/mol. The van der Waals surface area contributed by atoms with Gasteiger partial charge in [-0.05, 0) is 56.0 Å². The molecule has 0 aromatic heterocycles. The Morgan fingerprint density at radius 1 is 1.25 bits per heavy atom. The van der Waals surface area contributed by atoms with Crippen molar-refractivity contribution >= 4 is 0 Å². The zero-order valence-corrected chi connectivity index (χ0v) is 10.7. The van der Waals surface area contributed by atoms with E-state index in [9.17, 15) is 4.39 Å². The summed E-state index contributed by atoms with van der Waals surface area (Å²) in [6, 6.07) is 5.78. The van der Waals surface area contributed by atoms with Crippen molar-refractivity contribution in [2.75, 3.05) is 7.05 Å². The van der Waals surface area contributed by atoms with Gasteiger partial charge >= 0.3 is 0 Å². The van der Waals surface area contributed by atoms with Crippen molar-refractivity contribution in [2.24, 2.45) is 5.92 Å². The number of halogens is 1. The van der Waals surface area contributed by atoms with Crippen molar-refractivity contribution in [3.63, 3.8) is 0 Å². The monoisotopic (exact) mass is 223 g/mol. The lowest BCUT2D eigenvalue weighted by atomic mass is 9.96. The van der Waals surface area contributed by atoms with Crippen LogP contribution in [0.15, 0.2) is 18.2 Å². The normalized spacial score (nSPS) is 13.1. The van der Waals surface area contributed by atoms with E-state index in [1.165, 1.54) is 0 Å². The van der Waals surface area contributed by atoms with Crippen LogP contribution in [-0.4, -0.2) is 13.1 Å². The lowest BCUT2D eigenvalue weighted by Crippen LogP contribution is -2.31. The maximum absolute atomic E-state index is 13.2. The number of benzene rings is 1. The largest absolute Gasteiger partial charge is 0.317 e. The van der Waals surface area contributed by atoms with E-state index >= 15 is 0 Å². The number of hydrogen-bond donors (Lipinski definition) is 1. The Balaban J connectivity index is 2.60. The van der Waals surface area contributed by atoms with Gasteiger partial charge in [-0.15, -0.1) is 0 Å². The van der Waals surface area contributed by atoms with Crippen LogP contribution in [0, 0.1) is 18.7 Å². The van der Waals surface area contributed by atoms with Crippen molar-refractivity contribution in [2.45, 2.75) is 39.7 Å². The van der Waals surface area contributed by atoms with Gasteiger partial charge in [0.05, 0.1) is 0 Å². The second-order valence-electron chi connectivity index (χ2n) is 4.81. The average molecular weight is 223 g/mol. The third-order valence-electron chi connectivity index (χ3n) is 3.02. The second-order valence-corrected chi connectivity index (χ2v) is 4.81. The topological polar surface area (TPSA) is 12.0 Å². The van der Waals surface area contributed by atoms with Crippen LogP contribution in [0.25, 0.3) is 0 Å². The maximum atomic E-state index is 13.2. The molecule has 2 heteroatoms. The van der Waals surface area contributed by atoms with E-state index in [0.717, 1.165) is 24.0 Å². The van der Waals surface area contributed by atoms with Crippen LogP contribution >= 0.6 is 0 Å². The molecule has 1 aromatic rings. The van der Waals surface area contributed by atoms with E-state index < -0.39 is 0 Å². The minimum Gasteiger partial charge on any atom is -0.317 e. The van der Waals surface area contributed by atoms with Gasteiger partial charge in [-0.1, -0.05) is 19.9 Å². The molecule has 1 atom stereocenters. The molecule has 1 N–H and O–H groups in total. The summed E-state index contributed by atoms with van der Waals surface area (Å²) < 4.78 is 13.2. The maximum Gasteiger partial charge on any atom is 0.123 e. The summed E-state index contributed by atoms with van der Waals surface area (Å²) in [5, 5.41) is 3.31. The molecule has 1 unspecified atom stereocenters. The molecule has 16 heavy (non-hydrogen) atoms. The summed E-state index contributed by atoms with van der Waals surface area (Å²) >= 11 is 0. The van der Waals surface area contributed by atoms with E-state index in [0.29, 0.717) is 12.0 Å². The van der Waals surface area contributed by atoms with Crippen LogP contribution in [-0.2, 0) is 6.42 Å². The third kappa shape index (κ3) is 3.93. The standard InChI is InChI=1S/C14H22FN/c1-10(2)14(16-4)6-5-12-7-11(3)8-13(15)9-12/h7-10,14,16H,5-6H2,1-4H3. The summed E-state index contributed by atoms with van der Waals surface area (Å²) in [7, 11) is 1.99. The van der Waals surface area contributed by atoms with Crippen LogP contribution in [0.4, 0.5) is 4.39 Å². The van der Waals surface area contributed by atoms with Crippen LogP contribution in [0.2, 0.25) is 0 Å². The highest BCUT2D eigenvalue weighted by atomic mass is 19.1. The molecule has 0 aliphatic heterocycles. The summed E-state index contributed by atoms with van der Waals surface area (Å²) in [5.74, 6) is 0.486. The molecule has 0 aliphatic carbocycles. The molecular formula is C14H22FN. The Bertz CT molecular complexity index is 313. The number of aryl methyl sites for hydroxylation is 2. The van der Waals surface area contributed by atoms with Gasteiger partial charge in [-0.2, -0.15) is 0 Å². The Morgan fingerprint density at radius 2 is 1.94 bits per heavy atom. The summed E-state index contributed by atoms with van der Waals surface area (Å²) in [6.45, 7) is 6.35. The van der Waals surface area contributed by atoms with Gasteiger partial charge < -0.3 is 5.32 Å². The van der Waals surface area contributed by atoms with Crippen LogP contribution < -0.4 is 5.32 Å². The molecule has 0 saturated carbocycles. The number of rotatable bonds is 5. The first kappa shape index (κ1) is 13.2. The molecule has 0 bridgehead atoms. The summed E-state index contributed by atoms with van der Waals surface area (Å²) in [4.78, 5) is 0. The van der Waals surface area contributed by atoms with Crippen molar-refractivity contribution in [3.8, 4) is 0 Å². The van der Waals surface area contributed by atoms with E-state index in [1.807, 2.05) is 14.0 Å². The molecule has 0 saturated heterocycles. The molecule has 0 radical (unpaired) electrons. The van der Waals surface area contributed by atoms with Crippen molar-refractivity contribution in [3.05, 3.63) is 35.1 Å². The first-order chi connectivity index (χ1) is 7.52. The van der Waals surface area contributed by atoms with Gasteiger partial charge in [0.15, 0.2) is 0 Å². The Kier molecular flexibility index (Phi) is 4.94. The molecule has 1 aromatic carbocycles. The van der Waals surface area contributed by atoms with Crippen molar-refractivity contribution in [1.82, 2.24) is 5.32 Å². The number of nitrogens with one attached hydrogen (secondary N) is 1. The minimum absolute atomic E-state index is 0.124. The van der Waals surface area contributed by atoms with Crippen molar-refractivity contribution in [1.29, 1.82) is 0 Å². The predicted molar refractivity (Wildman–Crippen MR) is 67.1 cm³/mol. The van der Waals surface area contributed by atoms with Crippen molar-refractivity contribution < 1.29 is 4.39 Å². The van der Waals surface area contributed by atoms with Gasteiger partial charge in [-0.25, -0.2) is 4.39 Å². The van der Waals surface area contributed by atoms with Gasteiger partial charge in [0.2, 0.25) is 0 Å². The van der Waals surface area contributed by atoms with E-state index in [2.05, 4.69) is 25.2 Å². The fraction of sp³-hybridized carbons (Fsp3) is 0.571. The zero-order valence-electron chi connectivity index (χ0n) is 10.7. The van der Waals surface area contributed by atoms with Gasteiger partial charge in [-0.3, -0.25) is 0 Å². The molecule has 0 fully saturated rings. The quantitative estimate of drug-likeness (QED) is 0.807. The van der Waals surface area contributed by atoms with E-state index in [-0.39, 0.29) is 5.82 Å². The third-order valence-corrected chi connectivity index (χ3v) is 3.02.